The molecule has 0 saturated carbocycles. The average Bonchev–Trinajstić information content (AvgIpc) is 3.09. The number of sulfone groups is 1. The van der Waals surface area contributed by atoms with E-state index in [0.717, 1.165) is 24.8 Å². The van der Waals surface area contributed by atoms with E-state index in [0.29, 0.717) is 17.9 Å². The molecule has 3 aromatic rings. The lowest BCUT2D eigenvalue weighted by atomic mass is 10.2. The van der Waals surface area contributed by atoms with E-state index < -0.39 is 15.7 Å². The number of imidazole rings is 1. The Balaban J connectivity index is 2.06. The Labute approximate surface area is 162 Å². The first kappa shape index (κ1) is 19.5. The Bertz CT molecular complexity index is 1190. The van der Waals surface area contributed by atoms with Gasteiger partial charge in [0.25, 0.3) is 5.91 Å². The number of carbonyl (C=O) groups is 1. The van der Waals surface area contributed by atoms with Crippen molar-refractivity contribution in [3.8, 4) is 6.07 Å². The molecule has 2 aromatic heterocycles. The zero-order valence-electron chi connectivity index (χ0n) is 15.5. The number of carbonyl (C=O) groups excluding carboxylic acids is 1. The minimum atomic E-state index is -3.57. The SMILES string of the molecule is CCCCc1cc(NC(=O)c2ccccc2S(C)(=O)=O)n2cnc(C#N)c2n1. The predicted molar refractivity (Wildman–Crippen MR) is 104 cm³/mol. The highest BCUT2D eigenvalue weighted by Crippen LogP contribution is 2.20. The van der Waals surface area contributed by atoms with Crippen LogP contribution in [0.4, 0.5) is 5.82 Å². The van der Waals surface area contributed by atoms with Crippen LogP contribution in [0.25, 0.3) is 5.65 Å². The van der Waals surface area contributed by atoms with Crippen molar-refractivity contribution < 1.29 is 13.2 Å². The quantitative estimate of drug-likeness (QED) is 0.683. The summed E-state index contributed by atoms with van der Waals surface area (Å²) >= 11 is 0. The van der Waals surface area contributed by atoms with Gasteiger partial charge in [-0.3, -0.25) is 9.20 Å². The van der Waals surface area contributed by atoms with E-state index in [1.165, 1.54) is 22.9 Å². The van der Waals surface area contributed by atoms with Crippen LogP contribution >= 0.6 is 0 Å². The third kappa shape index (κ3) is 3.87. The molecule has 9 heteroatoms. The third-order valence-corrected chi connectivity index (χ3v) is 5.37. The Hall–Kier alpha value is -3.25. The van der Waals surface area contributed by atoms with Crippen LogP contribution in [0.2, 0.25) is 0 Å². The fourth-order valence-corrected chi connectivity index (χ4v) is 3.73. The van der Waals surface area contributed by atoms with Gasteiger partial charge in [0, 0.05) is 18.0 Å². The maximum absolute atomic E-state index is 12.8. The molecule has 1 N–H and O–H groups in total. The molecule has 1 aromatic carbocycles. The smallest absolute Gasteiger partial charge is 0.258 e. The van der Waals surface area contributed by atoms with E-state index in [-0.39, 0.29) is 16.2 Å². The Kier molecular flexibility index (Phi) is 5.42. The summed E-state index contributed by atoms with van der Waals surface area (Å²) in [6, 6.07) is 9.72. The summed E-state index contributed by atoms with van der Waals surface area (Å²) in [6.45, 7) is 2.06. The van der Waals surface area contributed by atoms with Gasteiger partial charge >= 0.3 is 0 Å². The Morgan fingerprint density at radius 2 is 2.07 bits per heavy atom. The maximum Gasteiger partial charge on any atom is 0.258 e. The molecule has 1 amide bonds. The molecule has 8 nitrogen and oxygen atoms in total. The number of amides is 1. The van der Waals surface area contributed by atoms with Gasteiger partial charge in [-0.2, -0.15) is 5.26 Å². The van der Waals surface area contributed by atoms with Crippen LogP contribution in [0, 0.1) is 11.3 Å². The minimum absolute atomic E-state index is 0.0469. The number of benzene rings is 1. The zero-order chi connectivity index (χ0) is 20.3. The first-order valence-electron chi connectivity index (χ1n) is 8.72. The van der Waals surface area contributed by atoms with Crippen molar-refractivity contribution >= 4 is 27.2 Å². The van der Waals surface area contributed by atoms with E-state index >= 15 is 0 Å². The van der Waals surface area contributed by atoms with Crippen molar-refractivity contribution in [3.05, 3.63) is 53.6 Å². The molecule has 0 saturated heterocycles. The minimum Gasteiger partial charge on any atom is -0.308 e. The van der Waals surface area contributed by atoms with Gasteiger partial charge in [0.05, 0.1) is 10.5 Å². The van der Waals surface area contributed by atoms with Crippen LogP contribution in [0.3, 0.4) is 0 Å². The molecule has 3 rings (SSSR count). The summed E-state index contributed by atoms with van der Waals surface area (Å²) in [6.07, 6.45) is 5.03. The fourth-order valence-electron chi connectivity index (χ4n) is 2.84. The Morgan fingerprint density at radius 1 is 1.32 bits per heavy atom. The lowest BCUT2D eigenvalue weighted by molar-refractivity contribution is 0.102. The van der Waals surface area contributed by atoms with Crippen LogP contribution in [-0.2, 0) is 16.3 Å². The lowest BCUT2D eigenvalue weighted by Crippen LogP contribution is -2.18. The molecule has 144 valence electrons. The van der Waals surface area contributed by atoms with Gasteiger partial charge in [0.1, 0.15) is 18.2 Å². The molecule has 0 aliphatic heterocycles. The van der Waals surface area contributed by atoms with E-state index in [4.69, 9.17) is 0 Å². The number of aryl methyl sites for hydroxylation is 1. The highest BCUT2D eigenvalue weighted by Gasteiger charge is 2.20. The van der Waals surface area contributed by atoms with Crippen molar-refractivity contribution in [1.82, 2.24) is 14.4 Å². The molecule has 0 fully saturated rings. The topological polar surface area (TPSA) is 117 Å². The predicted octanol–water partition coefficient (Wildman–Crippen LogP) is 2.60. The average molecular weight is 397 g/mol. The molecule has 0 radical (unpaired) electrons. The highest BCUT2D eigenvalue weighted by molar-refractivity contribution is 7.90. The molecular formula is C19H19N5O3S. The van der Waals surface area contributed by atoms with Crippen molar-refractivity contribution in [2.24, 2.45) is 0 Å². The van der Waals surface area contributed by atoms with Gasteiger partial charge in [-0.05, 0) is 25.0 Å². The molecule has 0 bridgehead atoms. The number of anilines is 1. The molecular weight excluding hydrogens is 378 g/mol. The number of hydrogen-bond acceptors (Lipinski definition) is 6. The van der Waals surface area contributed by atoms with Gasteiger partial charge in [-0.25, -0.2) is 18.4 Å². The largest absolute Gasteiger partial charge is 0.308 e. The summed E-state index contributed by atoms with van der Waals surface area (Å²) in [7, 11) is -3.57. The summed E-state index contributed by atoms with van der Waals surface area (Å²) in [5, 5.41) is 12.0. The molecule has 28 heavy (non-hydrogen) atoms. The van der Waals surface area contributed by atoms with Gasteiger partial charge in [0.15, 0.2) is 21.2 Å². The fraction of sp³-hybridized carbons (Fsp3) is 0.263. The second-order valence-electron chi connectivity index (χ2n) is 6.36. The Morgan fingerprint density at radius 3 is 2.75 bits per heavy atom. The van der Waals surface area contributed by atoms with Gasteiger partial charge < -0.3 is 5.32 Å². The molecule has 0 aliphatic carbocycles. The number of unbranched alkanes of at least 4 members (excludes halogenated alkanes) is 1. The lowest BCUT2D eigenvalue weighted by Gasteiger charge is -2.12. The zero-order valence-corrected chi connectivity index (χ0v) is 16.3. The maximum atomic E-state index is 12.8. The molecule has 0 spiro atoms. The van der Waals surface area contributed by atoms with Crippen molar-refractivity contribution in [2.75, 3.05) is 11.6 Å². The molecule has 0 unspecified atom stereocenters. The van der Waals surface area contributed by atoms with Crippen LogP contribution in [0.15, 0.2) is 41.6 Å². The first-order valence-corrected chi connectivity index (χ1v) is 10.6. The summed E-state index contributed by atoms with van der Waals surface area (Å²) in [4.78, 5) is 21.3. The van der Waals surface area contributed by atoms with Crippen molar-refractivity contribution in [2.45, 2.75) is 31.1 Å². The van der Waals surface area contributed by atoms with E-state index in [1.807, 2.05) is 6.07 Å². The van der Waals surface area contributed by atoms with E-state index in [2.05, 4.69) is 22.2 Å². The number of nitrogens with zero attached hydrogens (tertiary/aromatic N) is 4. The number of nitrogens with one attached hydrogen (secondary N) is 1. The molecule has 0 atom stereocenters. The van der Waals surface area contributed by atoms with Crippen LogP contribution in [-0.4, -0.2) is 34.9 Å². The van der Waals surface area contributed by atoms with Gasteiger partial charge in [-0.1, -0.05) is 25.5 Å². The first-order chi connectivity index (χ1) is 13.3. The highest BCUT2D eigenvalue weighted by atomic mass is 32.2. The van der Waals surface area contributed by atoms with Gasteiger partial charge in [0.2, 0.25) is 0 Å². The molecule has 2 heterocycles. The number of nitriles is 1. The number of rotatable bonds is 6. The summed E-state index contributed by atoms with van der Waals surface area (Å²) in [5.74, 6) is -0.194. The normalized spacial score (nSPS) is 11.3. The van der Waals surface area contributed by atoms with Crippen molar-refractivity contribution in [3.63, 3.8) is 0 Å². The second-order valence-corrected chi connectivity index (χ2v) is 8.34. The van der Waals surface area contributed by atoms with Crippen LogP contribution in [0.1, 0.15) is 41.5 Å². The number of aromatic nitrogens is 3. The number of fused-ring (bicyclic) bond motifs is 1. The van der Waals surface area contributed by atoms with Crippen molar-refractivity contribution in [1.29, 1.82) is 5.26 Å². The van der Waals surface area contributed by atoms with Crippen LogP contribution in [0.5, 0.6) is 0 Å². The monoisotopic (exact) mass is 397 g/mol. The third-order valence-electron chi connectivity index (χ3n) is 4.22. The number of hydrogen-bond donors (Lipinski definition) is 1. The standard InChI is InChI=1S/C19H19N5O3S/c1-3-4-7-13-10-17(24-12-21-15(11-20)18(24)22-13)23-19(25)14-8-5-6-9-16(14)28(2,26)27/h5-6,8-10,12H,3-4,7H2,1-2H3,(H,23,25). The van der Waals surface area contributed by atoms with E-state index in [1.54, 1.807) is 18.2 Å². The summed E-state index contributed by atoms with van der Waals surface area (Å²) in [5.41, 5.74) is 1.27. The van der Waals surface area contributed by atoms with E-state index in [9.17, 15) is 18.5 Å². The van der Waals surface area contributed by atoms with Crippen LogP contribution < -0.4 is 5.32 Å². The second kappa shape index (κ2) is 7.78. The van der Waals surface area contributed by atoms with Gasteiger partial charge in [-0.15, -0.1) is 0 Å². The summed E-state index contributed by atoms with van der Waals surface area (Å²) < 4.78 is 25.5. The molecule has 0 aliphatic rings.